The molecule has 1 aromatic heterocycles. The minimum atomic E-state index is -1.44. The van der Waals surface area contributed by atoms with Crippen LogP contribution in [-0.2, 0) is 17.6 Å². The van der Waals surface area contributed by atoms with Crippen LogP contribution in [0.1, 0.15) is 11.1 Å². The summed E-state index contributed by atoms with van der Waals surface area (Å²) in [5, 5.41) is 15.4. The minimum Gasteiger partial charge on any atom is -0.436 e. The number of nitrogens with one attached hydrogen (secondary N) is 2. The van der Waals surface area contributed by atoms with Crippen LogP contribution in [-0.4, -0.2) is 16.5 Å². The Bertz CT molecular complexity index is 1130. The van der Waals surface area contributed by atoms with Crippen LogP contribution in [0.2, 0.25) is 0 Å². The van der Waals surface area contributed by atoms with Gasteiger partial charge in [0.25, 0.3) is 5.69 Å². The summed E-state index contributed by atoms with van der Waals surface area (Å²) in [5.74, 6) is 0.518. The summed E-state index contributed by atoms with van der Waals surface area (Å²) in [6.07, 6.45) is 2.83. The SMILES string of the molecule is O=[N+]([O-])c1ccc(OP(NCCc2c[nH]c3ccccc23)OCc2ccccc2)cc1. The second kappa shape index (κ2) is 10.2. The fourth-order valence-corrected chi connectivity index (χ4v) is 4.24. The lowest BCUT2D eigenvalue weighted by Gasteiger charge is -2.18. The van der Waals surface area contributed by atoms with Crippen LogP contribution in [0.3, 0.4) is 0 Å². The van der Waals surface area contributed by atoms with E-state index in [9.17, 15) is 10.1 Å². The van der Waals surface area contributed by atoms with Gasteiger partial charge in [-0.15, -0.1) is 0 Å². The van der Waals surface area contributed by atoms with E-state index in [4.69, 9.17) is 9.05 Å². The number of H-pyrrole nitrogens is 1. The smallest absolute Gasteiger partial charge is 0.318 e. The fourth-order valence-electron chi connectivity index (χ4n) is 3.16. The number of aromatic nitrogens is 1. The lowest BCUT2D eigenvalue weighted by molar-refractivity contribution is -0.384. The molecule has 0 amide bonds. The van der Waals surface area contributed by atoms with E-state index in [1.54, 1.807) is 12.1 Å². The van der Waals surface area contributed by atoms with Gasteiger partial charge in [0.2, 0.25) is 0 Å². The molecular weight excluding hydrogens is 413 g/mol. The summed E-state index contributed by atoms with van der Waals surface area (Å²) in [7, 11) is -1.44. The van der Waals surface area contributed by atoms with Gasteiger partial charge in [-0.1, -0.05) is 48.5 Å². The van der Waals surface area contributed by atoms with Crippen LogP contribution >= 0.6 is 8.53 Å². The summed E-state index contributed by atoms with van der Waals surface area (Å²) < 4.78 is 12.0. The van der Waals surface area contributed by atoms with Gasteiger partial charge in [0.15, 0.2) is 0 Å². The minimum absolute atomic E-state index is 0.0224. The topological polar surface area (TPSA) is 89.4 Å². The molecule has 1 atom stereocenters. The highest BCUT2D eigenvalue weighted by Gasteiger charge is 2.15. The van der Waals surface area contributed by atoms with E-state index in [0.717, 1.165) is 17.5 Å². The van der Waals surface area contributed by atoms with Crippen LogP contribution in [0.15, 0.2) is 85.1 Å². The Kier molecular flexibility index (Phi) is 6.89. The molecule has 0 radical (unpaired) electrons. The summed E-state index contributed by atoms with van der Waals surface area (Å²) in [6, 6.07) is 24.1. The predicted octanol–water partition coefficient (Wildman–Crippen LogP) is 5.73. The molecule has 3 aromatic carbocycles. The monoisotopic (exact) mass is 435 g/mol. The van der Waals surface area contributed by atoms with E-state index in [1.165, 1.54) is 23.1 Å². The number of para-hydroxylation sites is 1. The Labute approximate surface area is 181 Å². The molecule has 31 heavy (non-hydrogen) atoms. The number of nitrogens with zero attached hydrogens (tertiary/aromatic N) is 1. The zero-order valence-corrected chi connectivity index (χ0v) is 17.6. The van der Waals surface area contributed by atoms with Crippen LogP contribution in [0.5, 0.6) is 5.75 Å². The Morgan fingerprint density at radius 1 is 0.968 bits per heavy atom. The first-order valence-electron chi connectivity index (χ1n) is 9.87. The first-order chi connectivity index (χ1) is 15.2. The molecule has 4 aromatic rings. The van der Waals surface area contributed by atoms with Crippen molar-refractivity contribution in [3.63, 3.8) is 0 Å². The van der Waals surface area contributed by atoms with E-state index in [1.807, 2.05) is 48.7 Å². The first kappa shape index (κ1) is 21.0. The second-order valence-electron chi connectivity index (χ2n) is 6.88. The third-order valence-electron chi connectivity index (χ3n) is 4.74. The van der Waals surface area contributed by atoms with Crippen molar-refractivity contribution in [2.24, 2.45) is 0 Å². The Hall–Kier alpha value is -3.25. The summed E-state index contributed by atoms with van der Waals surface area (Å²) in [4.78, 5) is 13.7. The predicted molar refractivity (Wildman–Crippen MR) is 122 cm³/mol. The standard InChI is InChI=1S/C23H22N3O4P/c27-26(28)20-10-12-21(13-11-20)30-31(29-17-18-6-2-1-3-7-18)25-15-14-19-16-24-23-9-5-4-8-22(19)23/h1-13,16,24-25H,14-15,17H2. The third kappa shape index (κ3) is 5.67. The van der Waals surface area contributed by atoms with Gasteiger partial charge >= 0.3 is 8.53 Å². The van der Waals surface area contributed by atoms with Crippen molar-refractivity contribution < 1.29 is 14.0 Å². The number of benzene rings is 3. The van der Waals surface area contributed by atoms with Crippen molar-refractivity contribution >= 4 is 25.1 Å². The number of hydrogen-bond acceptors (Lipinski definition) is 5. The molecule has 2 N–H and O–H groups in total. The molecule has 7 nitrogen and oxygen atoms in total. The van der Waals surface area contributed by atoms with Crippen LogP contribution in [0.4, 0.5) is 5.69 Å². The lowest BCUT2D eigenvalue weighted by atomic mass is 10.1. The summed E-state index contributed by atoms with van der Waals surface area (Å²) in [6.45, 7) is 1.06. The summed E-state index contributed by atoms with van der Waals surface area (Å²) in [5.41, 5.74) is 3.40. The van der Waals surface area contributed by atoms with Crippen molar-refractivity contribution in [1.82, 2.24) is 10.1 Å². The number of fused-ring (bicyclic) bond motifs is 1. The van der Waals surface area contributed by atoms with Gasteiger partial charge in [-0.05, 0) is 35.7 Å². The highest BCUT2D eigenvalue weighted by Crippen LogP contribution is 2.37. The van der Waals surface area contributed by atoms with Crippen LogP contribution < -0.4 is 9.61 Å². The first-order valence-corrected chi connectivity index (χ1v) is 11.0. The Morgan fingerprint density at radius 3 is 2.48 bits per heavy atom. The normalized spacial score (nSPS) is 12.0. The molecule has 8 heteroatoms. The van der Waals surface area contributed by atoms with Gasteiger partial charge in [-0.2, -0.15) is 0 Å². The van der Waals surface area contributed by atoms with Crippen LogP contribution in [0, 0.1) is 10.1 Å². The molecule has 0 saturated heterocycles. The van der Waals surface area contributed by atoms with Gasteiger partial charge in [-0.3, -0.25) is 10.1 Å². The van der Waals surface area contributed by atoms with Gasteiger partial charge in [0, 0.05) is 35.8 Å². The molecule has 1 unspecified atom stereocenters. The maximum absolute atomic E-state index is 10.9. The highest BCUT2D eigenvalue weighted by atomic mass is 31.2. The third-order valence-corrected chi connectivity index (χ3v) is 5.96. The van der Waals surface area contributed by atoms with Crippen molar-refractivity contribution in [2.75, 3.05) is 6.54 Å². The van der Waals surface area contributed by atoms with Gasteiger partial charge in [-0.25, -0.2) is 5.09 Å². The highest BCUT2D eigenvalue weighted by molar-refractivity contribution is 7.45. The maximum Gasteiger partial charge on any atom is 0.318 e. The van der Waals surface area contributed by atoms with Crippen LogP contribution in [0.25, 0.3) is 10.9 Å². The number of hydrogen-bond donors (Lipinski definition) is 2. The fraction of sp³-hybridized carbons (Fsp3) is 0.130. The Balaban J connectivity index is 1.40. The molecule has 0 aliphatic heterocycles. The van der Waals surface area contributed by atoms with Crippen molar-refractivity contribution in [1.29, 1.82) is 0 Å². The number of aromatic amines is 1. The quantitative estimate of drug-likeness (QED) is 0.189. The van der Waals surface area contributed by atoms with Gasteiger partial charge in [0.05, 0.1) is 11.5 Å². The molecule has 4 rings (SSSR count). The molecule has 0 bridgehead atoms. The van der Waals surface area contributed by atoms with Gasteiger partial charge < -0.3 is 14.0 Å². The molecule has 1 heterocycles. The molecule has 0 fully saturated rings. The number of non-ortho nitro benzene ring substituents is 1. The molecule has 0 saturated carbocycles. The molecule has 158 valence electrons. The van der Waals surface area contributed by atoms with Crippen molar-refractivity contribution in [2.45, 2.75) is 13.0 Å². The van der Waals surface area contributed by atoms with Gasteiger partial charge in [0.1, 0.15) is 5.75 Å². The molecule has 0 aliphatic carbocycles. The van der Waals surface area contributed by atoms with E-state index in [0.29, 0.717) is 18.9 Å². The zero-order valence-electron chi connectivity index (χ0n) is 16.7. The molecule has 0 spiro atoms. The average Bonchev–Trinajstić information content (AvgIpc) is 3.21. The summed E-state index contributed by atoms with van der Waals surface area (Å²) >= 11 is 0. The number of nitro benzene ring substituents is 1. The van der Waals surface area contributed by atoms with Crippen molar-refractivity contribution in [3.8, 4) is 5.75 Å². The maximum atomic E-state index is 10.9. The Morgan fingerprint density at radius 2 is 1.71 bits per heavy atom. The van der Waals surface area contributed by atoms with E-state index in [-0.39, 0.29) is 5.69 Å². The average molecular weight is 435 g/mol. The zero-order chi connectivity index (χ0) is 21.5. The van der Waals surface area contributed by atoms with E-state index in [2.05, 4.69) is 22.2 Å². The molecular formula is C23H22N3O4P. The second-order valence-corrected chi connectivity index (χ2v) is 8.15. The lowest BCUT2D eigenvalue weighted by Crippen LogP contribution is -2.16. The largest absolute Gasteiger partial charge is 0.436 e. The molecule has 0 aliphatic rings. The van der Waals surface area contributed by atoms with Crippen molar-refractivity contribution in [3.05, 3.63) is 106 Å². The van der Waals surface area contributed by atoms with E-state index < -0.39 is 13.4 Å². The number of rotatable bonds is 10. The number of nitro groups is 1. The van der Waals surface area contributed by atoms with E-state index >= 15 is 0 Å².